The molecule has 6 rings (SSSR count). The van der Waals surface area contributed by atoms with E-state index in [1.165, 1.54) is 16.7 Å². The van der Waals surface area contributed by atoms with E-state index >= 15 is 0 Å². The Morgan fingerprint density at radius 1 is 1.33 bits per heavy atom. The summed E-state index contributed by atoms with van der Waals surface area (Å²) in [6, 6.07) is 0. The summed E-state index contributed by atoms with van der Waals surface area (Å²) in [5.74, 6) is 1.48. The molecule has 0 radical (unpaired) electrons. The third-order valence-electron chi connectivity index (χ3n) is 8.41. The monoisotopic (exact) mass is 372 g/mol. The van der Waals surface area contributed by atoms with Crippen molar-refractivity contribution in [2.45, 2.75) is 82.1 Å². The van der Waals surface area contributed by atoms with Gasteiger partial charge in [0.05, 0.1) is 12.4 Å². The minimum atomic E-state index is -0.321. The molecule has 7 unspecified atom stereocenters. The molecular formula is C22H28O5. The number of hydrogen-bond acceptors (Lipinski definition) is 5. The van der Waals surface area contributed by atoms with Crippen LogP contribution in [0.3, 0.4) is 0 Å². The first-order chi connectivity index (χ1) is 12.9. The lowest BCUT2D eigenvalue weighted by Crippen LogP contribution is -2.58. The maximum Gasteiger partial charge on any atom is 0.145 e. The standard InChI is InChI=1S/C22H28O5/c1-11(2)21-18(26-21)8-16-20(3)6-5-12-13(10-25-15(12)9-23)14(20)7-17-22(16,27-17)19(21)24-4/h8,10-11,14,17-19,23H,5-7,9H2,1-4H3. The van der Waals surface area contributed by atoms with Crippen LogP contribution in [-0.2, 0) is 27.2 Å². The molecule has 1 spiro atoms. The van der Waals surface area contributed by atoms with Gasteiger partial charge in [-0.15, -0.1) is 0 Å². The predicted molar refractivity (Wildman–Crippen MR) is 97.3 cm³/mol. The van der Waals surface area contributed by atoms with Gasteiger partial charge in [-0.2, -0.15) is 0 Å². The van der Waals surface area contributed by atoms with Crippen LogP contribution in [0.2, 0.25) is 0 Å². The molecule has 27 heavy (non-hydrogen) atoms. The van der Waals surface area contributed by atoms with Crippen LogP contribution < -0.4 is 0 Å². The number of methoxy groups -OCH3 is 1. The van der Waals surface area contributed by atoms with Crippen LogP contribution in [0.1, 0.15) is 56.4 Å². The topological polar surface area (TPSA) is 67.7 Å². The van der Waals surface area contributed by atoms with Crippen molar-refractivity contribution in [1.29, 1.82) is 0 Å². The molecule has 0 aromatic carbocycles. The summed E-state index contributed by atoms with van der Waals surface area (Å²) in [5.41, 5.74) is 3.33. The molecule has 5 heteroatoms. The summed E-state index contributed by atoms with van der Waals surface area (Å²) in [6.45, 7) is 6.81. The van der Waals surface area contributed by atoms with E-state index in [1.807, 2.05) is 6.26 Å². The van der Waals surface area contributed by atoms with Crippen molar-refractivity contribution >= 4 is 0 Å². The smallest absolute Gasteiger partial charge is 0.145 e. The minimum Gasteiger partial charge on any atom is -0.466 e. The average Bonchev–Trinajstić information content (AvgIpc) is 3.51. The Kier molecular flexibility index (Phi) is 3.03. The summed E-state index contributed by atoms with van der Waals surface area (Å²) < 4.78 is 24.6. The van der Waals surface area contributed by atoms with Crippen LogP contribution in [0.4, 0.5) is 0 Å². The number of rotatable bonds is 3. The highest BCUT2D eigenvalue weighted by molar-refractivity contribution is 5.53. The Balaban J connectivity index is 1.49. The summed E-state index contributed by atoms with van der Waals surface area (Å²) >= 11 is 0. The first kappa shape index (κ1) is 16.8. The van der Waals surface area contributed by atoms with Crippen molar-refractivity contribution < 1.29 is 23.7 Å². The van der Waals surface area contributed by atoms with E-state index in [1.54, 1.807) is 7.11 Å². The summed E-state index contributed by atoms with van der Waals surface area (Å²) in [5, 5.41) is 9.61. The van der Waals surface area contributed by atoms with Crippen molar-refractivity contribution in [3.05, 3.63) is 34.8 Å². The third kappa shape index (κ3) is 1.68. The van der Waals surface area contributed by atoms with Crippen molar-refractivity contribution in [3.8, 4) is 0 Å². The highest BCUT2D eigenvalue weighted by Crippen LogP contribution is 2.73. The fraction of sp³-hybridized carbons (Fsp3) is 0.727. The SMILES string of the molecule is COC1C23OC2CC2c4coc(CO)c4CCC2(C)C3=CC2OC21C(C)C. The molecule has 3 heterocycles. The molecule has 3 fully saturated rings. The normalized spacial score (nSPS) is 48.7. The number of hydrogen-bond donors (Lipinski definition) is 1. The minimum absolute atomic E-state index is 0.0163. The van der Waals surface area contributed by atoms with E-state index in [4.69, 9.17) is 18.6 Å². The predicted octanol–water partition coefficient (Wildman–Crippen LogP) is 3.10. The third-order valence-corrected chi connectivity index (χ3v) is 8.41. The van der Waals surface area contributed by atoms with Crippen LogP contribution in [0, 0.1) is 11.3 Å². The van der Waals surface area contributed by atoms with Gasteiger partial charge in [-0.05, 0) is 53.2 Å². The van der Waals surface area contributed by atoms with Gasteiger partial charge >= 0.3 is 0 Å². The van der Waals surface area contributed by atoms with E-state index in [0.717, 1.165) is 25.0 Å². The number of aliphatic hydroxyl groups is 1. The Morgan fingerprint density at radius 3 is 2.85 bits per heavy atom. The molecule has 3 aliphatic carbocycles. The first-order valence-electron chi connectivity index (χ1n) is 10.2. The Labute approximate surface area is 159 Å². The lowest BCUT2D eigenvalue weighted by molar-refractivity contribution is -0.0411. The second-order valence-electron chi connectivity index (χ2n) is 9.60. The summed E-state index contributed by atoms with van der Waals surface area (Å²) in [4.78, 5) is 0. The van der Waals surface area contributed by atoms with Gasteiger partial charge in [0.1, 0.15) is 35.8 Å². The van der Waals surface area contributed by atoms with Gasteiger partial charge in [0.2, 0.25) is 0 Å². The largest absolute Gasteiger partial charge is 0.466 e. The van der Waals surface area contributed by atoms with E-state index in [2.05, 4.69) is 26.8 Å². The second-order valence-corrected chi connectivity index (χ2v) is 9.60. The van der Waals surface area contributed by atoms with Crippen LogP contribution in [-0.4, -0.2) is 41.7 Å². The highest BCUT2D eigenvalue weighted by Gasteiger charge is 2.82. The summed E-state index contributed by atoms with van der Waals surface area (Å²) in [7, 11) is 1.81. The van der Waals surface area contributed by atoms with Gasteiger partial charge in [0, 0.05) is 7.11 Å². The van der Waals surface area contributed by atoms with Gasteiger partial charge in [-0.3, -0.25) is 0 Å². The van der Waals surface area contributed by atoms with E-state index in [0.29, 0.717) is 11.8 Å². The Bertz CT molecular complexity index is 855. The Morgan fingerprint density at radius 2 is 2.15 bits per heavy atom. The molecule has 1 aromatic heterocycles. The zero-order valence-corrected chi connectivity index (χ0v) is 16.5. The Hall–Kier alpha value is -1.14. The lowest BCUT2D eigenvalue weighted by Gasteiger charge is -2.51. The highest BCUT2D eigenvalue weighted by atomic mass is 16.7. The molecule has 0 bridgehead atoms. The zero-order valence-electron chi connectivity index (χ0n) is 16.5. The number of epoxide rings is 2. The van der Waals surface area contributed by atoms with E-state index < -0.39 is 0 Å². The number of fused-ring (bicyclic) bond motifs is 5. The van der Waals surface area contributed by atoms with Crippen LogP contribution >= 0.6 is 0 Å². The van der Waals surface area contributed by atoms with Crippen LogP contribution in [0.5, 0.6) is 0 Å². The van der Waals surface area contributed by atoms with Gasteiger partial charge in [0.25, 0.3) is 0 Å². The maximum absolute atomic E-state index is 9.61. The fourth-order valence-corrected chi connectivity index (χ4v) is 6.95. The molecular weight excluding hydrogens is 344 g/mol. The molecule has 5 aliphatic rings. The van der Waals surface area contributed by atoms with Gasteiger partial charge in [-0.1, -0.05) is 26.8 Å². The van der Waals surface area contributed by atoms with Crippen molar-refractivity contribution in [2.75, 3.05) is 7.11 Å². The van der Waals surface area contributed by atoms with Gasteiger partial charge in [0.15, 0.2) is 0 Å². The molecule has 1 N–H and O–H groups in total. The zero-order chi connectivity index (χ0) is 18.8. The van der Waals surface area contributed by atoms with Crippen molar-refractivity contribution in [2.24, 2.45) is 11.3 Å². The van der Waals surface area contributed by atoms with Crippen LogP contribution in [0.15, 0.2) is 22.3 Å². The fourth-order valence-electron chi connectivity index (χ4n) is 6.95. The number of furan rings is 1. The molecule has 1 saturated carbocycles. The van der Waals surface area contributed by atoms with Crippen molar-refractivity contribution in [3.63, 3.8) is 0 Å². The van der Waals surface area contributed by atoms with Crippen LogP contribution in [0.25, 0.3) is 0 Å². The van der Waals surface area contributed by atoms with Gasteiger partial charge < -0.3 is 23.7 Å². The molecule has 0 amide bonds. The van der Waals surface area contributed by atoms with E-state index in [-0.39, 0.29) is 41.5 Å². The van der Waals surface area contributed by atoms with Gasteiger partial charge in [-0.25, -0.2) is 0 Å². The van der Waals surface area contributed by atoms with E-state index in [9.17, 15) is 5.11 Å². The molecule has 2 aliphatic heterocycles. The maximum atomic E-state index is 9.61. The number of aliphatic hydroxyl groups excluding tert-OH is 1. The second kappa shape index (κ2) is 4.88. The average molecular weight is 372 g/mol. The lowest BCUT2D eigenvalue weighted by atomic mass is 9.51. The molecule has 146 valence electrons. The molecule has 1 aromatic rings. The quantitative estimate of drug-likeness (QED) is 0.652. The molecule has 7 atom stereocenters. The molecule has 2 saturated heterocycles. The summed E-state index contributed by atoms with van der Waals surface area (Å²) in [6.07, 6.45) is 7.46. The van der Waals surface area contributed by atoms with Crippen molar-refractivity contribution in [1.82, 2.24) is 0 Å². The first-order valence-corrected chi connectivity index (χ1v) is 10.2. The molecule has 5 nitrogen and oxygen atoms in total. The number of ether oxygens (including phenoxy) is 3.